The summed E-state index contributed by atoms with van der Waals surface area (Å²) < 4.78 is 29.3. The van der Waals surface area contributed by atoms with Gasteiger partial charge in [-0.2, -0.15) is 0 Å². The highest BCUT2D eigenvalue weighted by Crippen LogP contribution is 2.34. The molecule has 6 nitrogen and oxygen atoms in total. The van der Waals surface area contributed by atoms with Gasteiger partial charge in [0.25, 0.3) is 0 Å². The van der Waals surface area contributed by atoms with Crippen molar-refractivity contribution < 1.29 is 23.4 Å². The fourth-order valence-electron chi connectivity index (χ4n) is 2.03. The Balaban J connectivity index is 1.41. The van der Waals surface area contributed by atoms with E-state index in [1.165, 1.54) is 12.1 Å². The molecule has 0 spiro atoms. The molecule has 2 N–H and O–H groups in total. The minimum atomic E-state index is -0.496. The Morgan fingerprint density at radius 3 is 2.87 bits per heavy atom. The Bertz CT molecular complexity index is 708. The van der Waals surface area contributed by atoms with Gasteiger partial charge in [-0.3, -0.25) is 0 Å². The zero-order chi connectivity index (χ0) is 16.1. The monoisotopic (exact) mass is 318 g/mol. The lowest BCUT2D eigenvalue weighted by Crippen LogP contribution is -2.32. The quantitative estimate of drug-likeness (QED) is 0.832. The van der Waals surface area contributed by atoms with E-state index in [-0.39, 0.29) is 25.6 Å². The maximum atomic E-state index is 13.4. The standard InChI is InChI=1S/C16H15FN2O4/c17-12-3-1-2-4-13(12)19-16(20)18-7-8-21-11-5-6-14-15(9-11)23-10-22-14/h1-6,9H,7-8,10H2,(H2,18,19,20). The molecule has 1 aliphatic heterocycles. The number of para-hydroxylation sites is 1. The molecule has 0 bridgehead atoms. The molecule has 2 amide bonds. The number of carbonyl (C=O) groups is 1. The van der Waals surface area contributed by atoms with E-state index in [9.17, 15) is 9.18 Å². The van der Waals surface area contributed by atoms with E-state index in [1.54, 1.807) is 30.3 Å². The van der Waals surface area contributed by atoms with Crippen molar-refractivity contribution in [1.29, 1.82) is 0 Å². The predicted octanol–water partition coefficient (Wildman–Crippen LogP) is 2.75. The van der Waals surface area contributed by atoms with Crippen molar-refractivity contribution in [3.63, 3.8) is 0 Å². The largest absolute Gasteiger partial charge is 0.492 e. The van der Waals surface area contributed by atoms with Crippen molar-refractivity contribution in [2.75, 3.05) is 25.3 Å². The molecule has 23 heavy (non-hydrogen) atoms. The SMILES string of the molecule is O=C(NCCOc1ccc2c(c1)OCO2)Nc1ccccc1F. The van der Waals surface area contributed by atoms with E-state index in [0.29, 0.717) is 17.2 Å². The molecule has 0 fully saturated rings. The van der Waals surface area contributed by atoms with Gasteiger partial charge in [-0.1, -0.05) is 12.1 Å². The van der Waals surface area contributed by atoms with Crippen LogP contribution in [0.2, 0.25) is 0 Å². The normalized spacial score (nSPS) is 11.9. The highest BCUT2D eigenvalue weighted by molar-refractivity contribution is 5.89. The average Bonchev–Trinajstić information content (AvgIpc) is 3.01. The zero-order valence-electron chi connectivity index (χ0n) is 12.2. The molecule has 3 rings (SSSR count). The lowest BCUT2D eigenvalue weighted by Gasteiger charge is -2.10. The molecule has 120 valence electrons. The van der Waals surface area contributed by atoms with Crippen molar-refractivity contribution in [3.8, 4) is 17.2 Å². The lowest BCUT2D eigenvalue weighted by molar-refractivity contribution is 0.173. The number of benzene rings is 2. The van der Waals surface area contributed by atoms with Gasteiger partial charge in [0.1, 0.15) is 18.2 Å². The highest BCUT2D eigenvalue weighted by Gasteiger charge is 2.13. The van der Waals surface area contributed by atoms with E-state index in [4.69, 9.17) is 14.2 Å². The first-order valence-electron chi connectivity index (χ1n) is 7.04. The summed E-state index contributed by atoms with van der Waals surface area (Å²) in [5.74, 6) is 1.44. The van der Waals surface area contributed by atoms with Crippen molar-refractivity contribution in [1.82, 2.24) is 5.32 Å². The Morgan fingerprint density at radius 2 is 2.00 bits per heavy atom. The number of anilines is 1. The van der Waals surface area contributed by atoms with Gasteiger partial charge in [-0.05, 0) is 24.3 Å². The zero-order valence-corrected chi connectivity index (χ0v) is 12.2. The molecule has 2 aromatic rings. The number of rotatable bonds is 5. The van der Waals surface area contributed by atoms with Crippen molar-refractivity contribution in [2.24, 2.45) is 0 Å². The predicted molar refractivity (Wildman–Crippen MR) is 81.5 cm³/mol. The minimum Gasteiger partial charge on any atom is -0.492 e. The van der Waals surface area contributed by atoms with Crippen LogP contribution in [0.1, 0.15) is 0 Å². The van der Waals surface area contributed by atoms with Gasteiger partial charge in [0.2, 0.25) is 6.79 Å². The van der Waals surface area contributed by atoms with E-state index < -0.39 is 11.8 Å². The second-order valence-electron chi connectivity index (χ2n) is 4.72. The van der Waals surface area contributed by atoms with E-state index in [0.717, 1.165) is 0 Å². The molecule has 0 aromatic heterocycles. The Kier molecular flexibility index (Phi) is 4.46. The first kappa shape index (κ1) is 15.0. The van der Waals surface area contributed by atoms with E-state index >= 15 is 0 Å². The third kappa shape index (κ3) is 3.82. The van der Waals surface area contributed by atoms with Gasteiger partial charge >= 0.3 is 6.03 Å². The van der Waals surface area contributed by atoms with Crippen LogP contribution in [0.25, 0.3) is 0 Å². The molecular weight excluding hydrogens is 303 g/mol. The Hall–Kier alpha value is -2.96. The minimum absolute atomic E-state index is 0.127. The summed E-state index contributed by atoms with van der Waals surface area (Å²) in [6, 6.07) is 10.7. The van der Waals surface area contributed by atoms with Crippen LogP contribution >= 0.6 is 0 Å². The molecule has 0 aliphatic carbocycles. The Labute approximate surface area is 132 Å². The first-order chi connectivity index (χ1) is 11.2. The summed E-state index contributed by atoms with van der Waals surface area (Å²) in [7, 11) is 0. The summed E-state index contributed by atoms with van der Waals surface area (Å²) in [5, 5.41) is 5.01. The van der Waals surface area contributed by atoms with Crippen LogP contribution in [0.4, 0.5) is 14.9 Å². The van der Waals surface area contributed by atoms with Crippen LogP contribution < -0.4 is 24.8 Å². The number of urea groups is 1. The summed E-state index contributed by atoms with van der Waals surface area (Å²) in [6.45, 7) is 0.746. The third-order valence-corrected chi connectivity index (χ3v) is 3.12. The van der Waals surface area contributed by atoms with Crippen LogP contribution in [-0.2, 0) is 0 Å². The number of amides is 2. The van der Waals surface area contributed by atoms with Crippen LogP contribution in [0, 0.1) is 5.82 Å². The summed E-state index contributed by atoms with van der Waals surface area (Å²) in [4.78, 5) is 11.6. The van der Waals surface area contributed by atoms with Gasteiger partial charge in [0.15, 0.2) is 11.5 Å². The number of hydrogen-bond donors (Lipinski definition) is 2. The highest BCUT2D eigenvalue weighted by atomic mass is 19.1. The molecule has 7 heteroatoms. The number of fused-ring (bicyclic) bond motifs is 1. The number of carbonyl (C=O) groups excluding carboxylic acids is 1. The van der Waals surface area contributed by atoms with Gasteiger partial charge in [0.05, 0.1) is 12.2 Å². The fraction of sp³-hybridized carbons (Fsp3) is 0.188. The summed E-state index contributed by atoms with van der Waals surface area (Å²) in [6.07, 6.45) is 0. The molecule has 2 aromatic carbocycles. The average molecular weight is 318 g/mol. The van der Waals surface area contributed by atoms with Gasteiger partial charge < -0.3 is 24.8 Å². The molecule has 0 saturated carbocycles. The van der Waals surface area contributed by atoms with E-state index in [2.05, 4.69) is 10.6 Å². The number of halogens is 1. The number of hydrogen-bond acceptors (Lipinski definition) is 4. The van der Waals surface area contributed by atoms with Gasteiger partial charge in [-0.15, -0.1) is 0 Å². The smallest absolute Gasteiger partial charge is 0.319 e. The van der Waals surface area contributed by atoms with Gasteiger partial charge in [-0.25, -0.2) is 9.18 Å². The fourth-order valence-corrected chi connectivity index (χ4v) is 2.03. The molecule has 0 radical (unpaired) electrons. The molecule has 0 atom stereocenters. The first-order valence-corrected chi connectivity index (χ1v) is 7.04. The van der Waals surface area contributed by atoms with Gasteiger partial charge in [0, 0.05) is 6.07 Å². The maximum absolute atomic E-state index is 13.4. The maximum Gasteiger partial charge on any atom is 0.319 e. The van der Waals surface area contributed by atoms with E-state index in [1.807, 2.05) is 0 Å². The summed E-state index contributed by atoms with van der Waals surface area (Å²) in [5.41, 5.74) is 0.127. The molecule has 0 unspecified atom stereocenters. The van der Waals surface area contributed by atoms with Crippen LogP contribution in [-0.4, -0.2) is 26.0 Å². The summed E-state index contributed by atoms with van der Waals surface area (Å²) >= 11 is 0. The topological polar surface area (TPSA) is 68.8 Å². The molecule has 1 heterocycles. The van der Waals surface area contributed by atoms with Crippen LogP contribution in [0.5, 0.6) is 17.2 Å². The van der Waals surface area contributed by atoms with Crippen molar-refractivity contribution in [2.45, 2.75) is 0 Å². The number of ether oxygens (including phenoxy) is 3. The van der Waals surface area contributed by atoms with Crippen molar-refractivity contribution in [3.05, 3.63) is 48.3 Å². The third-order valence-electron chi connectivity index (χ3n) is 3.12. The number of nitrogens with one attached hydrogen (secondary N) is 2. The molecular formula is C16H15FN2O4. The van der Waals surface area contributed by atoms with Crippen LogP contribution in [0.3, 0.4) is 0 Å². The van der Waals surface area contributed by atoms with Crippen LogP contribution in [0.15, 0.2) is 42.5 Å². The molecule has 0 saturated heterocycles. The second-order valence-corrected chi connectivity index (χ2v) is 4.72. The van der Waals surface area contributed by atoms with Crippen molar-refractivity contribution >= 4 is 11.7 Å². The molecule has 1 aliphatic rings. The second kappa shape index (κ2) is 6.87. The Morgan fingerprint density at radius 1 is 1.17 bits per heavy atom. The lowest BCUT2D eigenvalue weighted by atomic mass is 10.3.